The Labute approximate surface area is 184 Å². The minimum Gasteiger partial charge on any atom is -0.480 e. The Morgan fingerprint density at radius 1 is 1.10 bits per heavy atom. The van der Waals surface area contributed by atoms with Crippen LogP contribution < -0.4 is 16.8 Å². The summed E-state index contributed by atoms with van der Waals surface area (Å²) >= 11 is 6.53. The molecule has 0 aliphatic heterocycles. The van der Waals surface area contributed by atoms with E-state index in [2.05, 4.69) is 15.3 Å². The van der Waals surface area contributed by atoms with E-state index in [0.717, 1.165) is 11.1 Å². The van der Waals surface area contributed by atoms with Crippen molar-refractivity contribution in [3.63, 3.8) is 0 Å². The first kappa shape index (κ1) is 22.3. The molecule has 1 atom stereocenters. The van der Waals surface area contributed by atoms with E-state index in [4.69, 9.17) is 23.1 Å². The van der Waals surface area contributed by atoms with Crippen LogP contribution in [0.3, 0.4) is 0 Å². The van der Waals surface area contributed by atoms with E-state index in [9.17, 15) is 14.7 Å². The molecule has 0 saturated carbocycles. The molecule has 6 N–H and O–H groups in total. The van der Waals surface area contributed by atoms with Crippen LogP contribution in [0.4, 0.5) is 11.8 Å². The van der Waals surface area contributed by atoms with E-state index in [0.29, 0.717) is 47.2 Å². The van der Waals surface area contributed by atoms with Crippen molar-refractivity contribution in [1.29, 1.82) is 0 Å². The van der Waals surface area contributed by atoms with Crippen molar-refractivity contribution >= 4 is 46.1 Å². The predicted octanol–water partition coefficient (Wildman–Crippen LogP) is 3.22. The Morgan fingerprint density at radius 3 is 2.45 bits per heavy atom. The number of benzene rings is 2. The number of carboxylic acids is 1. The minimum absolute atomic E-state index is 0.0994. The highest BCUT2D eigenvalue weighted by molar-refractivity contribution is 6.37. The minimum atomic E-state index is -1.03. The van der Waals surface area contributed by atoms with Crippen molar-refractivity contribution in [1.82, 2.24) is 15.3 Å². The van der Waals surface area contributed by atoms with Crippen LogP contribution in [0.25, 0.3) is 10.9 Å². The van der Waals surface area contributed by atoms with Gasteiger partial charge in [0.25, 0.3) is 5.91 Å². The second kappa shape index (κ2) is 9.61. The number of nitrogens with zero attached hydrogens (tertiary/aromatic N) is 2. The van der Waals surface area contributed by atoms with E-state index in [1.54, 1.807) is 12.1 Å². The Kier molecular flexibility index (Phi) is 6.91. The fraction of sp³-hybridized carbons (Fsp3) is 0.273. The summed E-state index contributed by atoms with van der Waals surface area (Å²) in [5, 5.41) is 12.8. The maximum atomic E-state index is 12.3. The smallest absolute Gasteiger partial charge is 0.326 e. The summed E-state index contributed by atoms with van der Waals surface area (Å²) in [7, 11) is 0. The molecule has 8 nitrogen and oxygen atoms in total. The summed E-state index contributed by atoms with van der Waals surface area (Å²) in [4.78, 5) is 31.7. The first-order valence-corrected chi connectivity index (χ1v) is 10.3. The average molecular weight is 442 g/mol. The summed E-state index contributed by atoms with van der Waals surface area (Å²) in [6.45, 7) is 1.87. The molecule has 1 amide bonds. The highest BCUT2D eigenvalue weighted by Crippen LogP contribution is 2.31. The molecule has 31 heavy (non-hydrogen) atoms. The fourth-order valence-electron chi connectivity index (χ4n) is 3.36. The van der Waals surface area contributed by atoms with E-state index >= 15 is 0 Å². The molecular formula is C22H24ClN5O3. The van der Waals surface area contributed by atoms with Gasteiger partial charge in [-0.2, -0.15) is 4.98 Å². The van der Waals surface area contributed by atoms with Crippen LogP contribution in [-0.4, -0.2) is 33.0 Å². The first-order chi connectivity index (χ1) is 14.8. The van der Waals surface area contributed by atoms with Gasteiger partial charge in [0.05, 0.1) is 15.9 Å². The lowest BCUT2D eigenvalue weighted by atomic mass is 10.0. The normalized spacial score (nSPS) is 11.9. The SMILES string of the molecule is CCCC(NC(=O)c1ccc(CCc2ccc3nc(N)nc(N)c3c2Cl)cc1)C(=O)O. The zero-order valence-electron chi connectivity index (χ0n) is 17.1. The van der Waals surface area contributed by atoms with Crippen LogP contribution in [0.1, 0.15) is 41.3 Å². The molecular weight excluding hydrogens is 418 g/mol. The van der Waals surface area contributed by atoms with Gasteiger partial charge in [0.1, 0.15) is 11.9 Å². The van der Waals surface area contributed by atoms with Gasteiger partial charge in [0.2, 0.25) is 5.95 Å². The highest BCUT2D eigenvalue weighted by atomic mass is 35.5. The van der Waals surface area contributed by atoms with Crippen molar-refractivity contribution in [2.24, 2.45) is 0 Å². The third kappa shape index (κ3) is 5.21. The van der Waals surface area contributed by atoms with Gasteiger partial charge in [0, 0.05) is 5.56 Å². The molecule has 0 fully saturated rings. The number of carbonyl (C=O) groups is 2. The number of carbonyl (C=O) groups excluding carboxylic acids is 1. The zero-order valence-corrected chi connectivity index (χ0v) is 17.8. The third-order valence-electron chi connectivity index (χ3n) is 5.01. The lowest BCUT2D eigenvalue weighted by molar-refractivity contribution is -0.139. The van der Waals surface area contributed by atoms with Crippen LogP contribution >= 0.6 is 11.6 Å². The molecule has 0 aliphatic carbocycles. The maximum absolute atomic E-state index is 12.3. The Hall–Kier alpha value is -3.39. The molecule has 162 valence electrons. The van der Waals surface area contributed by atoms with Crippen LogP contribution in [0.15, 0.2) is 36.4 Å². The molecule has 9 heteroatoms. The fourth-order valence-corrected chi connectivity index (χ4v) is 3.71. The molecule has 1 aromatic heterocycles. The first-order valence-electron chi connectivity index (χ1n) is 9.92. The summed E-state index contributed by atoms with van der Waals surface area (Å²) in [5.41, 5.74) is 14.5. The molecule has 0 radical (unpaired) electrons. The second-order valence-electron chi connectivity index (χ2n) is 7.25. The predicted molar refractivity (Wildman–Crippen MR) is 121 cm³/mol. The van der Waals surface area contributed by atoms with Gasteiger partial charge in [-0.15, -0.1) is 0 Å². The standard InChI is InChI=1S/C22H24ClN5O3/c1-2-3-16(21(30)31)26-20(29)14-8-5-12(6-9-14)4-7-13-10-11-15-17(18(13)23)19(24)28-22(25)27-15/h5-6,8-11,16H,2-4,7H2,1H3,(H,26,29)(H,30,31)(H4,24,25,27,28). The number of nitrogens with one attached hydrogen (secondary N) is 1. The summed E-state index contributed by atoms with van der Waals surface area (Å²) in [6.07, 6.45) is 2.39. The van der Waals surface area contributed by atoms with Crippen molar-refractivity contribution in [2.45, 2.75) is 38.6 Å². The number of rotatable bonds is 8. The molecule has 0 spiro atoms. The average Bonchev–Trinajstić information content (AvgIpc) is 2.72. The molecule has 2 aromatic carbocycles. The van der Waals surface area contributed by atoms with Crippen molar-refractivity contribution in [2.75, 3.05) is 11.5 Å². The Balaban J connectivity index is 1.69. The summed E-state index contributed by atoms with van der Waals surface area (Å²) in [6, 6.07) is 9.87. The van der Waals surface area contributed by atoms with Gasteiger partial charge < -0.3 is 21.9 Å². The Bertz CT molecular complexity index is 1120. The number of hydrogen-bond acceptors (Lipinski definition) is 6. The number of halogens is 1. The van der Waals surface area contributed by atoms with Crippen molar-refractivity contribution in [3.8, 4) is 0 Å². The van der Waals surface area contributed by atoms with Gasteiger partial charge in [-0.1, -0.05) is 43.1 Å². The number of anilines is 2. The van der Waals surface area contributed by atoms with Crippen LogP contribution in [0.2, 0.25) is 5.02 Å². The lowest BCUT2D eigenvalue weighted by Gasteiger charge is -2.13. The van der Waals surface area contributed by atoms with Gasteiger partial charge in [-0.25, -0.2) is 9.78 Å². The van der Waals surface area contributed by atoms with E-state index < -0.39 is 17.9 Å². The van der Waals surface area contributed by atoms with Crippen LogP contribution in [-0.2, 0) is 17.6 Å². The molecule has 0 aliphatic rings. The number of fused-ring (bicyclic) bond motifs is 1. The molecule has 1 unspecified atom stereocenters. The number of aliphatic carboxylic acids is 1. The maximum Gasteiger partial charge on any atom is 0.326 e. The molecule has 0 saturated heterocycles. The Morgan fingerprint density at radius 2 is 1.81 bits per heavy atom. The number of carboxylic acid groups (broad SMARTS) is 1. The number of nitrogen functional groups attached to an aromatic ring is 2. The molecule has 3 rings (SSSR count). The van der Waals surface area contributed by atoms with Crippen LogP contribution in [0, 0.1) is 0 Å². The van der Waals surface area contributed by atoms with Gasteiger partial charge in [-0.3, -0.25) is 4.79 Å². The third-order valence-corrected chi connectivity index (χ3v) is 5.44. The molecule has 1 heterocycles. The number of aromatic nitrogens is 2. The topological polar surface area (TPSA) is 144 Å². The lowest BCUT2D eigenvalue weighted by Crippen LogP contribution is -2.40. The van der Waals surface area contributed by atoms with Gasteiger partial charge >= 0.3 is 5.97 Å². The van der Waals surface area contributed by atoms with E-state index in [1.165, 1.54) is 0 Å². The number of hydrogen-bond donors (Lipinski definition) is 4. The molecule has 3 aromatic rings. The summed E-state index contributed by atoms with van der Waals surface area (Å²) < 4.78 is 0. The zero-order chi connectivity index (χ0) is 22.5. The van der Waals surface area contributed by atoms with Crippen LogP contribution in [0.5, 0.6) is 0 Å². The number of nitrogens with two attached hydrogens (primary N) is 2. The molecule has 0 bridgehead atoms. The van der Waals surface area contributed by atoms with Gasteiger partial charge in [0.15, 0.2) is 0 Å². The second-order valence-corrected chi connectivity index (χ2v) is 7.63. The van der Waals surface area contributed by atoms with Crippen molar-refractivity contribution in [3.05, 3.63) is 58.1 Å². The number of amides is 1. The van der Waals surface area contributed by atoms with E-state index in [1.807, 2.05) is 31.2 Å². The quantitative estimate of drug-likeness (QED) is 0.420. The largest absolute Gasteiger partial charge is 0.480 e. The number of aryl methyl sites for hydroxylation is 2. The van der Waals surface area contributed by atoms with Gasteiger partial charge in [-0.05, 0) is 48.6 Å². The highest BCUT2D eigenvalue weighted by Gasteiger charge is 2.19. The summed E-state index contributed by atoms with van der Waals surface area (Å²) in [5.74, 6) is -1.10. The monoisotopic (exact) mass is 441 g/mol. The van der Waals surface area contributed by atoms with Crippen molar-refractivity contribution < 1.29 is 14.7 Å². The van der Waals surface area contributed by atoms with E-state index in [-0.39, 0.29) is 11.8 Å².